The highest BCUT2D eigenvalue weighted by molar-refractivity contribution is 7.99. The molecular formula is C19H22N2O2S. The molecule has 0 heterocycles. The van der Waals surface area contributed by atoms with Crippen LogP contribution >= 0.6 is 11.8 Å². The van der Waals surface area contributed by atoms with E-state index >= 15 is 0 Å². The second-order valence-corrected chi connectivity index (χ2v) is 6.79. The van der Waals surface area contributed by atoms with E-state index in [0.717, 1.165) is 17.0 Å². The summed E-state index contributed by atoms with van der Waals surface area (Å²) in [6, 6.07) is 17.4. The van der Waals surface area contributed by atoms with Crippen molar-refractivity contribution in [3.8, 4) is 0 Å². The number of carbonyl (C=O) groups is 2. The van der Waals surface area contributed by atoms with Gasteiger partial charge in [0.1, 0.15) is 0 Å². The monoisotopic (exact) mass is 342 g/mol. The minimum atomic E-state index is -0.00412. The van der Waals surface area contributed by atoms with Crippen LogP contribution in [-0.4, -0.2) is 36.6 Å². The maximum Gasteiger partial charge on any atom is 0.226 e. The summed E-state index contributed by atoms with van der Waals surface area (Å²) in [5, 5.41) is 2.88. The molecular weight excluding hydrogens is 320 g/mol. The van der Waals surface area contributed by atoms with Crippen molar-refractivity contribution >= 4 is 29.3 Å². The lowest BCUT2D eigenvalue weighted by atomic mass is 10.1. The van der Waals surface area contributed by atoms with Gasteiger partial charge in [0.15, 0.2) is 0 Å². The van der Waals surface area contributed by atoms with Crippen molar-refractivity contribution in [1.82, 2.24) is 4.90 Å². The van der Waals surface area contributed by atoms with E-state index in [1.54, 1.807) is 30.8 Å². The van der Waals surface area contributed by atoms with Gasteiger partial charge in [0.05, 0.1) is 6.42 Å². The third-order valence-corrected chi connectivity index (χ3v) is 4.45. The topological polar surface area (TPSA) is 49.4 Å². The summed E-state index contributed by atoms with van der Waals surface area (Å²) >= 11 is 1.67. The van der Waals surface area contributed by atoms with Gasteiger partial charge in [-0.15, -0.1) is 11.8 Å². The largest absolute Gasteiger partial charge is 0.349 e. The number of hydrogen-bond donors (Lipinski definition) is 1. The van der Waals surface area contributed by atoms with E-state index in [2.05, 4.69) is 5.32 Å². The number of thioether (sulfide) groups is 1. The summed E-state index contributed by atoms with van der Waals surface area (Å²) in [6.07, 6.45) is 0.829. The van der Waals surface area contributed by atoms with Crippen molar-refractivity contribution in [1.29, 1.82) is 0 Å². The Balaban J connectivity index is 1.76. The maximum atomic E-state index is 12.0. The van der Waals surface area contributed by atoms with Crippen LogP contribution in [0.4, 0.5) is 5.69 Å². The average molecular weight is 342 g/mol. The van der Waals surface area contributed by atoms with E-state index in [9.17, 15) is 9.59 Å². The van der Waals surface area contributed by atoms with Gasteiger partial charge < -0.3 is 10.2 Å². The molecule has 2 amide bonds. The number of amides is 2. The summed E-state index contributed by atoms with van der Waals surface area (Å²) in [5.74, 6) is 0.797. The van der Waals surface area contributed by atoms with Crippen LogP contribution in [0, 0.1) is 0 Å². The summed E-state index contributed by atoms with van der Waals surface area (Å²) in [5.41, 5.74) is 1.69. The fraction of sp³-hybridized carbons (Fsp3) is 0.263. The highest BCUT2D eigenvalue weighted by Gasteiger charge is 2.06. The summed E-state index contributed by atoms with van der Waals surface area (Å²) < 4.78 is 0. The van der Waals surface area contributed by atoms with Crippen LogP contribution in [0.3, 0.4) is 0 Å². The molecule has 0 bridgehead atoms. The Kier molecular flexibility index (Phi) is 6.88. The average Bonchev–Trinajstić information content (AvgIpc) is 2.57. The zero-order chi connectivity index (χ0) is 17.4. The first-order valence-electron chi connectivity index (χ1n) is 7.81. The van der Waals surface area contributed by atoms with Crippen LogP contribution in [0.5, 0.6) is 0 Å². The van der Waals surface area contributed by atoms with E-state index in [-0.39, 0.29) is 11.8 Å². The van der Waals surface area contributed by atoms with Gasteiger partial charge in [-0.25, -0.2) is 0 Å². The van der Waals surface area contributed by atoms with Crippen LogP contribution in [-0.2, 0) is 16.0 Å². The minimum Gasteiger partial charge on any atom is -0.349 e. The molecule has 0 saturated carbocycles. The first-order valence-corrected chi connectivity index (χ1v) is 8.80. The van der Waals surface area contributed by atoms with Gasteiger partial charge in [0.25, 0.3) is 0 Å². The molecule has 24 heavy (non-hydrogen) atoms. The van der Waals surface area contributed by atoms with Crippen molar-refractivity contribution in [2.75, 3.05) is 25.2 Å². The van der Waals surface area contributed by atoms with Crippen molar-refractivity contribution in [2.24, 2.45) is 0 Å². The highest BCUT2D eigenvalue weighted by Crippen LogP contribution is 2.18. The second-order valence-electron chi connectivity index (χ2n) is 5.62. The van der Waals surface area contributed by atoms with Crippen molar-refractivity contribution in [3.63, 3.8) is 0 Å². The lowest BCUT2D eigenvalue weighted by Crippen LogP contribution is -2.23. The number of nitrogens with zero attached hydrogens (tertiary/aromatic N) is 1. The molecule has 0 aliphatic heterocycles. The van der Waals surface area contributed by atoms with Gasteiger partial charge >= 0.3 is 0 Å². The van der Waals surface area contributed by atoms with Gasteiger partial charge in [-0.3, -0.25) is 9.59 Å². The molecule has 5 heteroatoms. The Morgan fingerprint density at radius 2 is 1.67 bits per heavy atom. The second kappa shape index (κ2) is 9.13. The van der Waals surface area contributed by atoms with Crippen LogP contribution in [0.1, 0.15) is 12.0 Å². The highest BCUT2D eigenvalue weighted by atomic mass is 32.2. The SMILES string of the molecule is CN(C)C(=O)Cc1ccc(NC(=O)CCSc2ccccc2)cc1. The standard InChI is InChI=1S/C19H22N2O2S/c1-21(2)19(23)14-15-8-10-16(11-9-15)20-18(22)12-13-24-17-6-4-3-5-7-17/h3-11H,12-14H2,1-2H3,(H,20,22). The Morgan fingerprint density at radius 3 is 2.29 bits per heavy atom. The predicted octanol–water partition coefficient (Wildman–Crippen LogP) is 3.44. The Labute approximate surface area is 147 Å². The van der Waals surface area contributed by atoms with Crippen LogP contribution in [0.2, 0.25) is 0 Å². The lowest BCUT2D eigenvalue weighted by Gasteiger charge is -2.10. The van der Waals surface area contributed by atoms with E-state index in [1.807, 2.05) is 54.6 Å². The molecule has 0 fully saturated rings. The van der Waals surface area contributed by atoms with Crippen molar-refractivity contribution in [3.05, 3.63) is 60.2 Å². The van der Waals surface area contributed by atoms with Crippen molar-refractivity contribution in [2.45, 2.75) is 17.7 Å². The molecule has 0 unspecified atom stereocenters. The number of carbonyl (C=O) groups excluding carboxylic acids is 2. The molecule has 1 N–H and O–H groups in total. The summed E-state index contributed by atoms with van der Waals surface area (Å²) in [7, 11) is 3.48. The molecule has 0 spiro atoms. The smallest absolute Gasteiger partial charge is 0.226 e. The Bertz CT molecular complexity index is 670. The summed E-state index contributed by atoms with van der Waals surface area (Å²) in [6.45, 7) is 0. The van der Waals surface area contributed by atoms with E-state index in [1.165, 1.54) is 4.90 Å². The molecule has 2 aromatic rings. The number of rotatable bonds is 7. The normalized spacial score (nSPS) is 10.2. The number of likely N-dealkylation sites (N-methyl/N-ethyl adjacent to an activating group) is 1. The Morgan fingerprint density at radius 1 is 1.00 bits per heavy atom. The molecule has 0 radical (unpaired) electrons. The van der Waals surface area contributed by atoms with Crippen LogP contribution in [0.15, 0.2) is 59.5 Å². The number of nitrogens with one attached hydrogen (secondary N) is 1. The first-order chi connectivity index (χ1) is 11.5. The van der Waals surface area contributed by atoms with Gasteiger partial charge in [-0.1, -0.05) is 30.3 Å². The van der Waals surface area contributed by atoms with Crippen LogP contribution in [0.25, 0.3) is 0 Å². The van der Waals surface area contributed by atoms with Crippen LogP contribution < -0.4 is 5.32 Å². The first kappa shape index (κ1) is 18.1. The van der Waals surface area contributed by atoms with E-state index in [0.29, 0.717) is 12.8 Å². The third kappa shape index (κ3) is 6.08. The molecule has 0 atom stereocenters. The van der Waals surface area contributed by atoms with E-state index in [4.69, 9.17) is 0 Å². The van der Waals surface area contributed by atoms with Gasteiger partial charge in [-0.2, -0.15) is 0 Å². The summed E-state index contributed by atoms with van der Waals surface area (Å²) in [4.78, 5) is 26.4. The minimum absolute atomic E-state index is 0.00412. The van der Waals surface area contributed by atoms with E-state index < -0.39 is 0 Å². The molecule has 0 aromatic heterocycles. The zero-order valence-electron chi connectivity index (χ0n) is 14.0. The maximum absolute atomic E-state index is 12.0. The van der Waals surface area contributed by atoms with Gasteiger partial charge in [0.2, 0.25) is 11.8 Å². The fourth-order valence-corrected chi connectivity index (χ4v) is 2.91. The zero-order valence-corrected chi connectivity index (χ0v) is 14.8. The number of anilines is 1. The quantitative estimate of drug-likeness (QED) is 0.784. The molecule has 0 saturated heterocycles. The molecule has 4 nitrogen and oxygen atoms in total. The number of hydrogen-bond acceptors (Lipinski definition) is 3. The molecule has 2 aromatic carbocycles. The molecule has 0 aliphatic rings. The predicted molar refractivity (Wildman–Crippen MR) is 99.3 cm³/mol. The van der Waals surface area contributed by atoms with Gasteiger partial charge in [-0.05, 0) is 29.8 Å². The van der Waals surface area contributed by atoms with Gasteiger partial charge in [0, 0.05) is 36.9 Å². The molecule has 2 rings (SSSR count). The molecule has 126 valence electrons. The number of benzene rings is 2. The third-order valence-electron chi connectivity index (χ3n) is 3.43. The molecule has 0 aliphatic carbocycles. The Hall–Kier alpha value is -2.27. The van der Waals surface area contributed by atoms with Crippen molar-refractivity contribution < 1.29 is 9.59 Å². The fourth-order valence-electron chi connectivity index (χ4n) is 2.04. The lowest BCUT2D eigenvalue weighted by molar-refractivity contribution is -0.128.